The molecule has 1 N–H and O–H groups in total. The van der Waals surface area contributed by atoms with E-state index in [1.54, 1.807) is 6.07 Å². The number of halogens is 2. The first-order valence-corrected chi connectivity index (χ1v) is 6.36. The maximum Gasteiger partial charge on any atom is 0.129 e. The SMILES string of the molecule is CCC(CNC1CC1)Cc1ccc(F)cc1F. The largest absolute Gasteiger partial charge is 0.314 e. The summed E-state index contributed by atoms with van der Waals surface area (Å²) in [7, 11) is 0. The second kappa shape index (κ2) is 5.58. The van der Waals surface area contributed by atoms with Crippen LogP contribution >= 0.6 is 0 Å². The topological polar surface area (TPSA) is 12.0 Å². The van der Waals surface area contributed by atoms with Crippen molar-refractivity contribution in [3.05, 3.63) is 35.4 Å². The van der Waals surface area contributed by atoms with Gasteiger partial charge in [-0.1, -0.05) is 19.4 Å². The molecule has 0 bridgehead atoms. The highest BCUT2D eigenvalue weighted by Gasteiger charge is 2.21. The summed E-state index contributed by atoms with van der Waals surface area (Å²) in [4.78, 5) is 0. The van der Waals surface area contributed by atoms with Crippen LogP contribution in [0, 0.1) is 17.6 Å². The number of benzene rings is 1. The van der Waals surface area contributed by atoms with E-state index >= 15 is 0 Å². The van der Waals surface area contributed by atoms with Gasteiger partial charge in [0.2, 0.25) is 0 Å². The lowest BCUT2D eigenvalue weighted by Crippen LogP contribution is -2.25. The molecule has 1 aliphatic carbocycles. The molecule has 1 aliphatic rings. The summed E-state index contributed by atoms with van der Waals surface area (Å²) >= 11 is 0. The zero-order valence-electron chi connectivity index (χ0n) is 10.2. The van der Waals surface area contributed by atoms with Crippen molar-refractivity contribution < 1.29 is 8.78 Å². The maximum atomic E-state index is 13.5. The van der Waals surface area contributed by atoms with Crippen LogP contribution in [0.25, 0.3) is 0 Å². The molecular weight excluding hydrogens is 220 g/mol. The Bertz CT molecular complexity index is 374. The molecule has 94 valence electrons. The van der Waals surface area contributed by atoms with Gasteiger partial charge in [0.05, 0.1) is 0 Å². The third-order valence-corrected chi connectivity index (χ3v) is 3.37. The lowest BCUT2D eigenvalue weighted by atomic mass is 9.96. The zero-order valence-corrected chi connectivity index (χ0v) is 10.2. The van der Waals surface area contributed by atoms with Gasteiger partial charge in [0, 0.05) is 12.1 Å². The van der Waals surface area contributed by atoms with Crippen LogP contribution in [-0.2, 0) is 6.42 Å². The molecule has 1 aromatic rings. The quantitative estimate of drug-likeness (QED) is 0.803. The van der Waals surface area contributed by atoms with Gasteiger partial charge >= 0.3 is 0 Å². The smallest absolute Gasteiger partial charge is 0.129 e. The van der Waals surface area contributed by atoms with Crippen LogP contribution in [0.2, 0.25) is 0 Å². The molecule has 1 nitrogen and oxygen atoms in total. The Morgan fingerprint density at radius 2 is 2.12 bits per heavy atom. The van der Waals surface area contributed by atoms with Crippen LogP contribution in [0.1, 0.15) is 31.7 Å². The van der Waals surface area contributed by atoms with Gasteiger partial charge in [0.25, 0.3) is 0 Å². The molecule has 0 aromatic heterocycles. The van der Waals surface area contributed by atoms with Gasteiger partial charge in [-0.3, -0.25) is 0 Å². The first-order valence-electron chi connectivity index (χ1n) is 6.36. The average Bonchev–Trinajstić information content (AvgIpc) is 3.11. The third-order valence-electron chi connectivity index (χ3n) is 3.37. The molecule has 17 heavy (non-hydrogen) atoms. The van der Waals surface area contributed by atoms with E-state index in [0.29, 0.717) is 23.9 Å². The Balaban J connectivity index is 1.91. The lowest BCUT2D eigenvalue weighted by molar-refractivity contribution is 0.448. The molecule has 0 saturated heterocycles. The van der Waals surface area contributed by atoms with Crippen LogP contribution in [0.4, 0.5) is 8.78 Å². The van der Waals surface area contributed by atoms with Crippen molar-refractivity contribution >= 4 is 0 Å². The highest BCUT2D eigenvalue weighted by atomic mass is 19.1. The fourth-order valence-electron chi connectivity index (χ4n) is 1.98. The Morgan fingerprint density at radius 1 is 1.35 bits per heavy atom. The van der Waals surface area contributed by atoms with Gasteiger partial charge in [0.15, 0.2) is 0 Å². The zero-order chi connectivity index (χ0) is 12.3. The second-order valence-electron chi connectivity index (χ2n) is 4.90. The summed E-state index contributed by atoms with van der Waals surface area (Å²) in [6.45, 7) is 3.04. The Hall–Kier alpha value is -0.960. The van der Waals surface area contributed by atoms with Crippen molar-refractivity contribution in [1.29, 1.82) is 0 Å². The van der Waals surface area contributed by atoms with Crippen molar-refractivity contribution in [1.82, 2.24) is 5.32 Å². The highest BCUT2D eigenvalue weighted by molar-refractivity contribution is 5.19. The second-order valence-corrected chi connectivity index (χ2v) is 4.90. The van der Waals surface area contributed by atoms with Gasteiger partial charge in [-0.2, -0.15) is 0 Å². The molecule has 2 rings (SSSR count). The van der Waals surface area contributed by atoms with E-state index in [2.05, 4.69) is 12.2 Å². The monoisotopic (exact) mass is 239 g/mol. The van der Waals surface area contributed by atoms with Gasteiger partial charge in [0.1, 0.15) is 11.6 Å². The summed E-state index contributed by atoms with van der Waals surface area (Å²) in [6.07, 6.45) is 4.22. The molecule has 1 aromatic carbocycles. The van der Waals surface area contributed by atoms with Gasteiger partial charge < -0.3 is 5.32 Å². The summed E-state index contributed by atoms with van der Waals surface area (Å²) in [5, 5.41) is 3.46. The van der Waals surface area contributed by atoms with E-state index in [0.717, 1.165) is 19.0 Å². The molecule has 0 heterocycles. The van der Waals surface area contributed by atoms with Crippen LogP contribution in [0.5, 0.6) is 0 Å². The fourth-order valence-corrected chi connectivity index (χ4v) is 1.98. The first kappa shape index (κ1) is 12.5. The van der Waals surface area contributed by atoms with Crippen LogP contribution in [0.15, 0.2) is 18.2 Å². The molecule has 0 amide bonds. The van der Waals surface area contributed by atoms with Crippen molar-refractivity contribution in [2.75, 3.05) is 6.54 Å². The van der Waals surface area contributed by atoms with E-state index < -0.39 is 11.6 Å². The maximum absolute atomic E-state index is 13.5. The normalized spacial score (nSPS) is 17.1. The van der Waals surface area contributed by atoms with E-state index in [1.807, 2.05) is 0 Å². The Labute approximate surface area is 101 Å². The Kier molecular flexibility index (Phi) is 4.11. The minimum atomic E-state index is -0.504. The standard InChI is InChI=1S/C14H19F2N/c1-2-10(9-17-13-5-6-13)7-11-3-4-12(15)8-14(11)16/h3-4,8,10,13,17H,2,5-7,9H2,1H3. The average molecular weight is 239 g/mol. The third kappa shape index (κ3) is 3.77. The summed E-state index contributed by atoms with van der Waals surface area (Å²) in [5.41, 5.74) is 0.621. The molecular formula is C14H19F2N. The molecule has 0 aliphatic heterocycles. The van der Waals surface area contributed by atoms with Crippen LogP contribution in [0.3, 0.4) is 0 Å². The van der Waals surface area contributed by atoms with Crippen molar-refractivity contribution in [3.63, 3.8) is 0 Å². The number of hydrogen-bond donors (Lipinski definition) is 1. The van der Waals surface area contributed by atoms with Crippen LogP contribution < -0.4 is 5.32 Å². The predicted octanol–water partition coefficient (Wildman–Crippen LogP) is 3.29. The van der Waals surface area contributed by atoms with Crippen LogP contribution in [-0.4, -0.2) is 12.6 Å². The minimum absolute atomic E-state index is 0.421. The molecule has 1 atom stereocenters. The number of rotatable bonds is 6. The van der Waals surface area contributed by atoms with Gasteiger partial charge in [-0.25, -0.2) is 8.78 Å². The first-order chi connectivity index (χ1) is 8.19. The number of nitrogens with one attached hydrogen (secondary N) is 1. The van der Waals surface area contributed by atoms with E-state index in [1.165, 1.54) is 18.9 Å². The van der Waals surface area contributed by atoms with E-state index in [9.17, 15) is 8.78 Å². The molecule has 1 saturated carbocycles. The molecule has 3 heteroatoms. The summed E-state index contributed by atoms with van der Waals surface area (Å²) in [5.74, 6) is -0.499. The van der Waals surface area contributed by atoms with Crippen molar-refractivity contribution in [2.45, 2.75) is 38.6 Å². The van der Waals surface area contributed by atoms with E-state index in [4.69, 9.17) is 0 Å². The minimum Gasteiger partial charge on any atom is -0.314 e. The molecule has 0 radical (unpaired) electrons. The molecule has 0 spiro atoms. The predicted molar refractivity (Wildman–Crippen MR) is 64.9 cm³/mol. The number of hydrogen-bond acceptors (Lipinski definition) is 1. The highest BCUT2D eigenvalue weighted by Crippen LogP contribution is 2.21. The lowest BCUT2D eigenvalue weighted by Gasteiger charge is -2.16. The molecule has 1 fully saturated rings. The van der Waals surface area contributed by atoms with Crippen molar-refractivity contribution in [2.24, 2.45) is 5.92 Å². The Morgan fingerprint density at radius 3 is 2.71 bits per heavy atom. The summed E-state index contributed by atoms with van der Waals surface area (Å²) < 4.78 is 26.3. The van der Waals surface area contributed by atoms with Crippen molar-refractivity contribution in [3.8, 4) is 0 Å². The van der Waals surface area contributed by atoms with Gasteiger partial charge in [-0.15, -0.1) is 0 Å². The summed E-state index contributed by atoms with van der Waals surface area (Å²) in [6, 6.07) is 4.54. The molecule has 1 unspecified atom stereocenters. The van der Waals surface area contributed by atoms with Gasteiger partial charge in [-0.05, 0) is 43.4 Å². The fraction of sp³-hybridized carbons (Fsp3) is 0.571. The van der Waals surface area contributed by atoms with E-state index in [-0.39, 0.29) is 0 Å².